The van der Waals surface area contributed by atoms with E-state index >= 15 is 0 Å². The van der Waals surface area contributed by atoms with E-state index in [0.29, 0.717) is 17.9 Å². The Morgan fingerprint density at radius 1 is 1.20 bits per heavy atom. The van der Waals surface area contributed by atoms with Crippen LogP contribution in [0.1, 0.15) is 54.4 Å². The maximum Gasteiger partial charge on any atom is 0.335 e. The van der Waals surface area contributed by atoms with Crippen LogP contribution in [0.25, 0.3) is 0 Å². The number of aromatic carboxylic acids is 1. The molecule has 1 aromatic carbocycles. The molecule has 0 aliphatic carbocycles. The van der Waals surface area contributed by atoms with Crippen LogP contribution in [0.5, 0.6) is 0 Å². The summed E-state index contributed by atoms with van der Waals surface area (Å²) in [7, 11) is 0. The molecule has 0 radical (unpaired) electrons. The Hall–Kier alpha value is -1.84. The summed E-state index contributed by atoms with van der Waals surface area (Å²) in [5.74, 6) is -0.202. The second-order valence-corrected chi connectivity index (χ2v) is 5.33. The summed E-state index contributed by atoms with van der Waals surface area (Å²) in [6, 6.07) is 7.12. The van der Waals surface area contributed by atoms with Crippen molar-refractivity contribution in [2.24, 2.45) is 0 Å². The zero-order chi connectivity index (χ0) is 14.5. The second-order valence-electron chi connectivity index (χ2n) is 5.33. The van der Waals surface area contributed by atoms with E-state index in [1.807, 2.05) is 24.0 Å². The van der Waals surface area contributed by atoms with Crippen LogP contribution in [0.4, 0.5) is 0 Å². The fraction of sp³-hybridized carbons (Fsp3) is 0.500. The van der Waals surface area contributed by atoms with Crippen molar-refractivity contribution in [2.45, 2.75) is 38.5 Å². The average molecular weight is 275 g/mol. The molecule has 1 fully saturated rings. The van der Waals surface area contributed by atoms with Gasteiger partial charge in [0, 0.05) is 19.5 Å². The number of amides is 1. The fourth-order valence-corrected chi connectivity index (χ4v) is 2.73. The van der Waals surface area contributed by atoms with Crippen molar-refractivity contribution in [1.82, 2.24) is 4.90 Å². The van der Waals surface area contributed by atoms with Gasteiger partial charge in [0.05, 0.1) is 5.56 Å². The number of hydrogen-bond acceptors (Lipinski definition) is 2. The molecule has 0 spiro atoms. The van der Waals surface area contributed by atoms with Gasteiger partial charge >= 0.3 is 5.97 Å². The highest BCUT2D eigenvalue weighted by atomic mass is 16.4. The van der Waals surface area contributed by atoms with Gasteiger partial charge in [-0.05, 0) is 42.9 Å². The molecule has 1 saturated heterocycles. The van der Waals surface area contributed by atoms with E-state index in [9.17, 15) is 9.59 Å². The van der Waals surface area contributed by atoms with Gasteiger partial charge in [0.1, 0.15) is 0 Å². The minimum Gasteiger partial charge on any atom is -0.478 e. The molecule has 0 saturated carbocycles. The molecule has 108 valence electrons. The number of nitrogens with zero attached hydrogens (tertiary/aromatic N) is 1. The first-order chi connectivity index (χ1) is 9.61. The quantitative estimate of drug-likeness (QED) is 0.919. The van der Waals surface area contributed by atoms with Gasteiger partial charge in [-0.25, -0.2) is 4.79 Å². The van der Waals surface area contributed by atoms with E-state index in [4.69, 9.17) is 5.11 Å². The van der Waals surface area contributed by atoms with E-state index in [1.54, 1.807) is 12.1 Å². The molecule has 0 aromatic heterocycles. The molecule has 1 N–H and O–H groups in total. The van der Waals surface area contributed by atoms with Crippen LogP contribution in [0.15, 0.2) is 24.3 Å². The molecule has 2 rings (SSSR count). The van der Waals surface area contributed by atoms with Crippen LogP contribution < -0.4 is 0 Å². The molecule has 0 bridgehead atoms. The highest BCUT2D eigenvalue weighted by molar-refractivity contribution is 5.87. The lowest BCUT2D eigenvalue weighted by Gasteiger charge is -2.32. The number of carboxylic acids is 1. The molecule has 0 atom stereocenters. The number of benzene rings is 1. The van der Waals surface area contributed by atoms with Gasteiger partial charge in [0.15, 0.2) is 0 Å². The third-order valence-electron chi connectivity index (χ3n) is 3.94. The van der Waals surface area contributed by atoms with Gasteiger partial charge in [0.2, 0.25) is 5.91 Å². The minimum absolute atomic E-state index is 0.257. The average Bonchev–Trinajstić information content (AvgIpc) is 2.48. The summed E-state index contributed by atoms with van der Waals surface area (Å²) in [6.45, 7) is 3.64. The fourth-order valence-electron chi connectivity index (χ4n) is 2.73. The van der Waals surface area contributed by atoms with Crippen molar-refractivity contribution in [3.63, 3.8) is 0 Å². The number of hydrogen-bond donors (Lipinski definition) is 1. The van der Waals surface area contributed by atoms with Crippen molar-refractivity contribution >= 4 is 11.9 Å². The van der Waals surface area contributed by atoms with Crippen LogP contribution in [-0.4, -0.2) is 35.0 Å². The third-order valence-corrected chi connectivity index (χ3v) is 3.94. The molecule has 1 heterocycles. The van der Waals surface area contributed by atoms with E-state index in [0.717, 1.165) is 32.4 Å². The van der Waals surface area contributed by atoms with Crippen molar-refractivity contribution in [3.05, 3.63) is 35.4 Å². The Morgan fingerprint density at radius 3 is 2.30 bits per heavy atom. The predicted molar refractivity (Wildman–Crippen MR) is 76.9 cm³/mol. The lowest BCUT2D eigenvalue weighted by atomic mass is 9.89. The summed E-state index contributed by atoms with van der Waals surface area (Å²) < 4.78 is 0. The Balaban J connectivity index is 1.93. The molecule has 4 heteroatoms. The van der Waals surface area contributed by atoms with Crippen molar-refractivity contribution in [3.8, 4) is 0 Å². The van der Waals surface area contributed by atoms with Crippen LogP contribution in [0.3, 0.4) is 0 Å². The molecule has 20 heavy (non-hydrogen) atoms. The smallest absolute Gasteiger partial charge is 0.335 e. The summed E-state index contributed by atoms with van der Waals surface area (Å²) >= 11 is 0. The lowest BCUT2D eigenvalue weighted by molar-refractivity contribution is -0.132. The highest BCUT2D eigenvalue weighted by Gasteiger charge is 2.23. The number of carbonyl (C=O) groups excluding carboxylic acids is 1. The summed E-state index contributed by atoms with van der Waals surface area (Å²) in [5, 5.41) is 8.89. The van der Waals surface area contributed by atoms with Crippen molar-refractivity contribution in [2.75, 3.05) is 13.1 Å². The molecule has 1 amide bonds. The standard InChI is InChI=1S/C16H21NO3/c1-2-3-15(18)17-10-8-13(9-11-17)12-4-6-14(7-5-12)16(19)20/h4-7,13H,2-3,8-11H2,1H3,(H,19,20). The molecule has 1 aliphatic heterocycles. The minimum atomic E-state index is -0.892. The van der Waals surface area contributed by atoms with Gasteiger partial charge in [-0.15, -0.1) is 0 Å². The number of likely N-dealkylation sites (tertiary alicyclic amines) is 1. The summed E-state index contributed by atoms with van der Waals surface area (Å²) in [4.78, 5) is 24.6. The van der Waals surface area contributed by atoms with Crippen LogP contribution >= 0.6 is 0 Å². The largest absolute Gasteiger partial charge is 0.478 e. The molecular formula is C16H21NO3. The van der Waals surface area contributed by atoms with Crippen molar-refractivity contribution < 1.29 is 14.7 Å². The second kappa shape index (κ2) is 6.55. The first-order valence-corrected chi connectivity index (χ1v) is 7.23. The normalized spacial score (nSPS) is 16.1. The predicted octanol–water partition coefficient (Wildman–Crippen LogP) is 2.89. The first kappa shape index (κ1) is 14.6. The summed E-state index contributed by atoms with van der Waals surface area (Å²) in [6.07, 6.45) is 3.46. The molecular weight excluding hydrogens is 254 g/mol. The first-order valence-electron chi connectivity index (χ1n) is 7.23. The van der Waals surface area contributed by atoms with Crippen molar-refractivity contribution in [1.29, 1.82) is 0 Å². The Labute approximate surface area is 119 Å². The van der Waals surface area contributed by atoms with E-state index in [2.05, 4.69) is 0 Å². The Bertz CT molecular complexity index is 473. The maximum atomic E-state index is 11.8. The lowest BCUT2D eigenvalue weighted by Crippen LogP contribution is -2.37. The third kappa shape index (κ3) is 3.38. The zero-order valence-electron chi connectivity index (χ0n) is 11.8. The maximum absolute atomic E-state index is 11.8. The molecule has 1 aromatic rings. The SMILES string of the molecule is CCCC(=O)N1CCC(c2ccc(C(=O)O)cc2)CC1. The Kier molecular flexibility index (Phi) is 4.77. The van der Waals surface area contributed by atoms with E-state index in [1.165, 1.54) is 5.56 Å². The van der Waals surface area contributed by atoms with Gasteiger partial charge in [0.25, 0.3) is 0 Å². The topological polar surface area (TPSA) is 57.6 Å². The molecule has 0 unspecified atom stereocenters. The number of rotatable bonds is 4. The van der Waals surface area contributed by atoms with E-state index < -0.39 is 5.97 Å². The number of piperidine rings is 1. The van der Waals surface area contributed by atoms with Gasteiger partial charge in [-0.3, -0.25) is 4.79 Å². The van der Waals surface area contributed by atoms with Gasteiger partial charge in [-0.1, -0.05) is 19.1 Å². The van der Waals surface area contributed by atoms with Crippen LogP contribution in [0.2, 0.25) is 0 Å². The molecule has 1 aliphatic rings. The van der Waals surface area contributed by atoms with Gasteiger partial charge < -0.3 is 10.0 Å². The van der Waals surface area contributed by atoms with Gasteiger partial charge in [-0.2, -0.15) is 0 Å². The molecule has 4 nitrogen and oxygen atoms in total. The Morgan fingerprint density at radius 2 is 1.80 bits per heavy atom. The van der Waals surface area contributed by atoms with E-state index in [-0.39, 0.29) is 5.91 Å². The number of carboxylic acid groups (broad SMARTS) is 1. The summed E-state index contributed by atoms with van der Waals surface area (Å²) in [5.41, 5.74) is 1.50. The monoisotopic (exact) mass is 275 g/mol. The highest BCUT2D eigenvalue weighted by Crippen LogP contribution is 2.28. The zero-order valence-corrected chi connectivity index (χ0v) is 11.8. The van der Waals surface area contributed by atoms with Crippen LogP contribution in [-0.2, 0) is 4.79 Å². The van der Waals surface area contributed by atoms with Crippen LogP contribution in [0, 0.1) is 0 Å². The number of carbonyl (C=O) groups is 2.